The van der Waals surface area contributed by atoms with Crippen molar-refractivity contribution in [2.24, 2.45) is 0 Å². The van der Waals surface area contributed by atoms with Gasteiger partial charge in [-0.2, -0.15) is 0 Å². The molecule has 2 rings (SSSR count). The molecule has 1 atom stereocenters. The van der Waals surface area contributed by atoms with Crippen molar-refractivity contribution in [1.82, 2.24) is 0 Å². The smallest absolute Gasteiger partial charge is 0.161 e. The van der Waals surface area contributed by atoms with E-state index < -0.39 is 0 Å². The van der Waals surface area contributed by atoms with Crippen molar-refractivity contribution in [3.8, 4) is 5.75 Å². The summed E-state index contributed by atoms with van der Waals surface area (Å²) >= 11 is 6.06. The van der Waals surface area contributed by atoms with Gasteiger partial charge in [0.1, 0.15) is 6.10 Å². The maximum absolute atomic E-state index is 6.06. The van der Waals surface area contributed by atoms with Crippen LogP contribution in [0.4, 0.5) is 5.69 Å². The van der Waals surface area contributed by atoms with Crippen LogP contribution >= 0.6 is 11.6 Å². The Morgan fingerprint density at radius 3 is 2.41 bits per heavy atom. The number of hydrogen-bond acceptors (Lipinski definition) is 2. The van der Waals surface area contributed by atoms with Crippen molar-refractivity contribution in [1.29, 1.82) is 0 Å². The second kappa shape index (κ2) is 5.11. The van der Waals surface area contributed by atoms with Gasteiger partial charge in [0, 0.05) is 0 Å². The highest BCUT2D eigenvalue weighted by Gasteiger charge is 2.11. The van der Waals surface area contributed by atoms with Crippen molar-refractivity contribution < 1.29 is 4.74 Å². The third kappa shape index (κ3) is 2.71. The van der Waals surface area contributed by atoms with E-state index in [9.17, 15) is 0 Å². The predicted octanol–water partition coefficient (Wildman–Crippen LogP) is 4.06. The fourth-order valence-corrected chi connectivity index (χ4v) is 1.85. The van der Waals surface area contributed by atoms with Gasteiger partial charge >= 0.3 is 0 Å². The van der Waals surface area contributed by atoms with Gasteiger partial charge < -0.3 is 10.5 Å². The Morgan fingerprint density at radius 1 is 1.06 bits per heavy atom. The minimum absolute atomic E-state index is 0.0848. The minimum atomic E-state index is -0.0848. The van der Waals surface area contributed by atoms with Crippen LogP contribution in [0.15, 0.2) is 48.5 Å². The number of benzene rings is 2. The number of ether oxygens (including phenoxy) is 1. The predicted molar refractivity (Wildman–Crippen MR) is 71.3 cm³/mol. The second-order valence-corrected chi connectivity index (χ2v) is 4.24. The van der Waals surface area contributed by atoms with Crippen LogP contribution in [0.2, 0.25) is 5.02 Å². The minimum Gasteiger partial charge on any atom is -0.482 e. The van der Waals surface area contributed by atoms with Crippen molar-refractivity contribution >= 4 is 17.3 Å². The molecule has 0 heterocycles. The van der Waals surface area contributed by atoms with Gasteiger partial charge in [0.25, 0.3) is 0 Å². The Labute approximate surface area is 106 Å². The highest BCUT2D eigenvalue weighted by Crippen LogP contribution is 2.34. The van der Waals surface area contributed by atoms with E-state index >= 15 is 0 Å². The Kier molecular flexibility index (Phi) is 3.55. The van der Waals surface area contributed by atoms with E-state index in [-0.39, 0.29) is 6.10 Å². The number of nitrogens with two attached hydrogens (primary N) is 1. The van der Waals surface area contributed by atoms with Gasteiger partial charge in [0.15, 0.2) is 5.75 Å². The monoisotopic (exact) mass is 247 g/mol. The molecule has 0 bridgehead atoms. The molecule has 0 spiro atoms. The van der Waals surface area contributed by atoms with Crippen LogP contribution in [0, 0.1) is 0 Å². The normalized spacial score (nSPS) is 12.1. The Morgan fingerprint density at radius 2 is 1.76 bits per heavy atom. The number of para-hydroxylation sites is 1. The molecule has 2 N–H and O–H groups in total. The third-order valence-corrected chi connectivity index (χ3v) is 2.86. The van der Waals surface area contributed by atoms with Crippen molar-refractivity contribution in [3.05, 3.63) is 59.1 Å². The van der Waals surface area contributed by atoms with Crippen LogP contribution in [0.3, 0.4) is 0 Å². The lowest BCUT2D eigenvalue weighted by atomic mass is 10.1. The molecule has 0 aromatic heterocycles. The summed E-state index contributed by atoms with van der Waals surface area (Å²) in [5.41, 5.74) is 7.48. The summed E-state index contributed by atoms with van der Waals surface area (Å²) in [5, 5.41) is 0.535. The molecule has 0 radical (unpaired) electrons. The van der Waals surface area contributed by atoms with E-state index in [1.54, 1.807) is 18.2 Å². The first-order valence-corrected chi connectivity index (χ1v) is 5.82. The molecule has 0 aliphatic heterocycles. The molecule has 3 heteroatoms. The van der Waals surface area contributed by atoms with E-state index in [0.29, 0.717) is 16.5 Å². The fraction of sp³-hybridized carbons (Fsp3) is 0.143. The molecule has 2 aromatic carbocycles. The number of rotatable bonds is 3. The number of anilines is 1. The topological polar surface area (TPSA) is 35.2 Å². The Bertz CT molecular complexity index is 479. The summed E-state index contributed by atoms with van der Waals surface area (Å²) < 4.78 is 5.80. The molecule has 0 saturated carbocycles. The molecule has 2 nitrogen and oxygen atoms in total. The van der Waals surface area contributed by atoms with Gasteiger partial charge in [-0.05, 0) is 24.6 Å². The average molecular weight is 248 g/mol. The lowest BCUT2D eigenvalue weighted by Gasteiger charge is -2.17. The maximum atomic E-state index is 6.06. The molecule has 0 aliphatic rings. The summed E-state index contributed by atoms with van der Waals surface area (Å²) in [4.78, 5) is 0. The molecular formula is C14H14ClNO. The van der Waals surface area contributed by atoms with Crippen LogP contribution < -0.4 is 10.5 Å². The zero-order valence-electron chi connectivity index (χ0n) is 9.56. The summed E-state index contributed by atoms with van der Waals surface area (Å²) in [6.45, 7) is 1.97. The van der Waals surface area contributed by atoms with E-state index in [1.165, 1.54) is 0 Å². The third-order valence-electron chi connectivity index (χ3n) is 2.56. The maximum Gasteiger partial charge on any atom is 0.161 e. The molecule has 0 aliphatic carbocycles. The standard InChI is InChI=1S/C14H14ClNO/c1-10(11-6-3-2-4-7-11)17-14-12(15)8-5-9-13(14)16/h2-10H,16H2,1H3. The van der Waals surface area contributed by atoms with Gasteiger partial charge in [0.2, 0.25) is 0 Å². The van der Waals surface area contributed by atoms with Crippen LogP contribution in [0.5, 0.6) is 5.75 Å². The van der Waals surface area contributed by atoms with Gasteiger partial charge in [-0.1, -0.05) is 48.0 Å². The zero-order chi connectivity index (χ0) is 12.3. The number of nitrogen functional groups attached to an aromatic ring is 1. The summed E-state index contributed by atoms with van der Waals surface area (Å²) in [6, 6.07) is 15.3. The van der Waals surface area contributed by atoms with Gasteiger partial charge in [-0.3, -0.25) is 0 Å². The summed E-state index contributed by atoms with van der Waals surface area (Å²) in [5.74, 6) is 0.547. The van der Waals surface area contributed by atoms with Gasteiger partial charge in [-0.15, -0.1) is 0 Å². The Balaban J connectivity index is 2.22. The van der Waals surface area contributed by atoms with E-state index in [4.69, 9.17) is 22.1 Å². The van der Waals surface area contributed by atoms with Crippen LogP contribution in [0.25, 0.3) is 0 Å². The first-order valence-electron chi connectivity index (χ1n) is 5.44. The summed E-state index contributed by atoms with van der Waals surface area (Å²) in [7, 11) is 0. The quantitative estimate of drug-likeness (QED) is 0.830. The van der Waals surface area contributed by atoms with Crippen LogP contribution in [-0.4, -0.2) is 0 Å². The number of halogens is 1. The van der Waals surface area contributed by atoms with Gasteiger partial charge in [-0.25, -0.2) is 0 Å². The lowest BCUT2D eigenvalue weighted by molar-refractivity contribution is 0.228. The van der Waals surface area contributed by atoms with E-state index in [0.717, 1.165) is 5.56 Å². The van der Waals surface area contributed by atoms with Crippen molar-refractivity contribution in [2.75, 3.05) is 5.73 Å². The van der Waals surface area contributed by atoms with Crippen LogP contribution in [0.1, 0.15) is 18.6 Å². The molecule has 88 valence electrons. The molecule has 2 aromatic rings. The zero-order valence-corrected chi connectivity index (χ0v) is 10.3. The van der Waals surface area contributed by atoms with E-state index in [1.807, 2.05) is 37.3 Å². The van der Waals surface area contributed by atoms with Gasteiger partial charge in [0.05, 0.1) is 10.7 Å². The molecule has 17 heavy (non-hydrogen) atoms. The van der Waals surface area contributed by atoms with E-state index in [2.05, 4.69) is 0 Å². The number of hydrogen-bond donors (Lipinski definition) is 1. The second-order valence-electron chi connectivity index (χ2n) is 3.83. The lowest BCUT2D eigenvalue weighted by Crippen LogP contribution is -2.05. The largest absolute Gasteiger partial charge is 0.482 e. The van der Waals surface area contributed by atoms with Crippen molar-refractivity contribution in [2.45, 2.75) is 13.0 Å². The van der Waals surface area contributed by atoms with Crippen LogP contribution in [-0.2, 0) is 0 Å². The first-order chi connectivity index (χ1) is 8.18. The molecule has 0 saturated heterocycles. The summed E-state index contributed by atoms with van der Waals surface area (Å²) in [6.07, 6.45) is -0.0848. The highest BCUT2D eigenvalue weighted by atomic mass is 35.5. The molecule has 0 fully saturated rings. The fourth-order valence-electron chi connectivity index (χ4n) is 1.62. The first kappa shape index (κ1) is 11.8. The average Bonchev–Trinajstić information content (AvgIpc) is 2.35. The van der Waals surface area contributed by atoms with Crippen molar-refractivity contribution in [3.63, 3.8) is 0 Å². The Hall–Kier alpha value is -1.67. The molecular weight excluding hydrogens is 234 g/mol. The SMILES string of the molecule is CC(Oc1c(N)cccc1Cl)c1ccccc1. The highest BCUT2D eigenvalue weighted by molar-refractivity contribution is 6.32. The molecule has 0 amide bonds. The molecule has 1 unspecified atom stereocenters.